The summed E-state index contributed by atoms with van der Waals surface area (Å²) >= 11 is 0. The van der Waals surface area contributed by atoms with Gasteiger partial charge >= 0.3 is 0 Å². The van der Waals surface area contributed by atoms with E-state index in [0.29, 0.717) is 0 Å². The summed E-state index contributed by atoms with van der Waals surface area (Å²) < 4.78 is 0. The van der Waals surface area contributed by atoms with Gasteiger partial charge in [-0.15, -0.1) is 6.58 Å². The summed E-state index contributed by atoms with van der Waals surface area (Å²) in [5, 5.41) is 0. The molecule has 0 radical (unpaired) electrons. The maximum Gasteiger partial charge on any atom is 0.0326 e. The van der Waals surface area contributed by atoms with Gasteiger partial charge in [0.15, 0.2) is 0 Å². The van der Waals surface area contributed by atoms with Gasteiger partial charge in [-0.2, -0.15) is 0 Å². The summed E-state index contributed by atoms with van der Waals surface area (Å²) in [6, 6.07) is 0. The molecule has 2 nitrogen and oxygen atoms in total. The highest BCUT2D eigenvalue weighted by atomic mass is 15.3. The smallest absolute Gasteiger partial charge is 0.0326 e. The topological polar surface area (TPSA) is 24.1 Å². The molecule has 0 aromatic carbocycles. The molecule has 0 bridgehead atoms. The van der Waals surface area contributed by atoms with Crippen LogP contribution in [0.2, 0.25) is 0 Å². The van der Waals surface area contributed by atoms with Crippen molar-refractivity contribution in [2.75, 3.05) is 6.54 Å². The maximum atomic E-state index is 3.50. The van der Waals surface area contributed by atoms with Gasteiger partial charge in [0.2, 0.25) is 0 Å². The fourth-order valence-corrected chi connectivity index (χ4v) is 0.203. The first-order valence-corrected chi connectivity index (χ1v) is 2.12. The molecule has 0 aromatic heterocycles. The molecule has 0 rings (SSSR count). The first kappa shape index (κ1) is 6.24. The molecule has 0 fully saturated rings. The highest BCUT2D eigenvalue weighted by molar-refractivity contribution is 4.69. The largest absolute Gasteiger partial charge is 0.329 e. The molecule has 2 heteroatoms. The monoisotopic (exact) mass is 98.1 g/mol. The normalized spacial score (nSPS) is 7.43. The third-order valence-corrected chi connectivity index (χ3v) is 0.451. The van der Waals surface area contributed by atoms with Crippen molar-refractivity contribution in [1.82, 2.24) is 10.9 Å². The van der Waals surface area contributed by atoms with E-state index in [1.807, 2.05) is 0 Å². The molecule has 0 spiro atoms. The number of hydrazine groups is 1. The Morgan fingerprint density at radius 2 is 2.14 bits per heavy atom. The van der Waals surface area contributed by atoms with E-state index in [2.05, 4.69) is 24.0 Å². The summed E-state index contributed by atoms with van der Waals surface area (Å²) in [6.45, 7) is 7.68. The minimum absolute atomic E-state index is 0.756. The Kier molecular flexibility index (Phi) is 4.67. The van der Waals surface area contributed by atoms with Gasteiger partial charge in [-0.3, -0.25) is 0 Å². The molecule has 0 aliphatic heterocycles. The van der Waals surface area contributed by atoms with Crippen molar-refractivity contribution in [2.45, 2.75) is 0 Å². The second-order valence-electron chi connectivity index (χ2n) is 1.02. The van der Waals surface area contributed by atoms with E-state index in [0.717, 1.165) is 6.54 Å². The van der Waals surface area contributed by atoms with Gasteiger partial charge in [0.05, 0.1) is 0 Å². The van der Waals surface area contributed by atoms with E-state index in [1.54, 1.807) is 12.3 Å². The van der Waals surface area contributed by atoms with Crippen molar-refractivity contribution < 1.29 is 0 Å². The summed E-state index contributed by atoms with van der Waals surface area (Å²) in [6.07, 6.45) is 3.33. The highest BCUT2D eigenvalue weighted by Crippen LogP contribution is 1.52. The Hall–Kier alpha value is -0.760. The molecular formula is C5H10N2. The predicted octanol–water partition coefficient (Wildman–Crippen LogP) is 0.410. The van der Waals surface area contributed by atoms with Gasteiger partial charge in [-0.05, 0) is 0 Å². The molecule has 0 saturated carbocycles. The quantitative estimate of drug-likeness (QED) is 0.302. The Bertz CT molecular complexity index is 51.1. The molecular weight excluding hydrogens is 88.1 g/mol. The first-order valence-electron chi connectivity index (χ1n) is 2.12. The molecule has 0 aliphatic rings. The van der Waals surface area contributed by atoms with Crippen LogP contribution >= 0.6 is 0 Å². The third kappa shape index (κ3) is 5.24. The molecule has 0 saturated heterocycles. The zero-order valence-electron chi connectivity index (χ0n) is 4.28. The molecule has 0 heterocycles. The summed E-state index contributed by atoms with van der Waals surface area (Å²) in [5.41, 5.74) is 5.49. The van der Waals surface area contributed by atoms with E-state index in [4.69, 9.17) is 0 Å². The summed E-state index contributed by atoms with van der Waals surface area (Å²) in [5.74, 6) is 0. The number of hydrogen-bond acceptors (Lipinski definition) is 2. The average molecular weight is 98.1 g/mol. The van der Waals surface area contributed by atoms with Crippen molar-refractivity contribution in [3.63, 3.8) is 0 Å². The van der Waals surface area contributed by atoms with Crippen LogP contribution in [-0.4, -0.2) is 6.54 Å². The van der Waals surface area contributed by atoms with Crippen LogP contribution in [-0.2, 0) is 0 Å². The van der Waals surface area contributed by atoms with Crippen molar-refractivity contribution >= 4 is 0 Å². The van der Waals surface area contributed by atoms with Crippen LogP contribution in [0.1, 0.15) is 0 Å². The molecule has 0 atom stereocenters. The van der Waals surface area contributed by atoms with Crippen LogP contribution < -0.4 is 10.9 Å². The Labute approximate surface area is 43.9 Å². The molecule has 7 heavy (non-hydrogen) atoms. The minimum Gasteiger partial charge on any atom is -0.329 e. The second kappa shape index (κ2) is 5.24. The maximum absolute atomic E-state index is 3.50. The average Bonchev–Trinajstić information content (AvgIpc) is 1.69. The van der Waals surface area contributed by atoms with Crippen LogP contribution in [0.3, 0.4) is 0 Å². The number of nitrogens with one attached hydrogen (secondary N) is 2. The molecule has 0 amide bonds. The van der Waals surface area contributed by atoms with E-state index >= 15 is 0 Å². The Morgan fingerprint density at radius 3 is 2.57 bits per heavy atom. The van der Waals surface area contributed by atoms with Gasteiger partial charge in [0.1, 0.15) is 0 Å². The molecule has 2 N–H and O–H groups in total. The van der Waals surface area contributed by atoms with Crippen LogP contribution in [0.4, 0.5) is 0 Å². The zero-order chi connectivity index (χ0) is 5.54. The van der Waals surface area contributed by atoms with E-state index in [-0.39, 0.29) is 0 Å². The zero-order valence-corrected chi connectivity index (χ0v) is 4.28. The summed E-state index contributed by atoms with van der Waals surface area (Å²) in [4.78, 5) is 0. The van der Waals surface area contributed by atoms with Crippen LogP contribution in [0.5, 0.6) is 0 Å². The lowest BCUT2D eigenvalue weighted by Gasteiger charge is -1.95. The van der Waals surface area contributed by atoms with Gasteiger partial charge in [0, 0.05) is 12.7 Å². The second-order valence-corrected chi connectivity index (χ2v) is 1.02. The van der Waals surface area contributed by atoms with Gasteiger partial charge < -0.3 is 5.43 Å². The van der Waals surface area contributed by atoms with E-state index in [9.17, 15) is 0 Å². The molecule has 40 valence electrons. The SMILES string of the molecule is C=CCNNC=C. The van der Waals surface area contributed by atoms with Gasteiger partial charge in [-0.25, -0.2) is 5.43 Å². The lowest BCUT2D eigenvalue weighted by atomic mass is 10.7. The van der Waals surface area contributed by atoms with Crippen LogP contribution in [0.25, 0.3) is 0 Å². The van der Waals surface area contributed by atoms with Crippen molar-refractivity contribution in [2.24, 2.45) is 0 Å². The van der Waals surface area contributed by atoms with Crippen LogP contribution in [0, 0.1) is 0 Å². The lowest BCUT2D eigenvalue weighted by Crippen LogP contribution is -2.25. The molecule has 0 unspecified atom stereocenters. The third-order valence-electron chi connectivity index (χ3n) is 0.451. The standard InChI is InChI=1S/C5H10N2/c1-3-5-7-6-4-2/h3-4,6-7H,1-2,5H2. The minimum atomic E-state index is 0.756. The first-order chi connectivity index (χ1) is 3.41. The fraction of sp³-hybridized carbons (Fsp3) is 0.200. The molecule has 0 aromatic rings. The Balaban J connectivity index is 2.68. The van der Waals surface area contributed by atoms with Crippen molar-refractivity contribution in [3.05, 3.63) is 25.4 Å². The Morgan fingerprint density at radius 1 is 1.43 bits per heavy atom. The van der Waals surface area contributed by atoms with Gasteiger partial charge in [0.25, 0.3) is 0 Å². The van der Waals surface area contributed by atoms with Crippen molar-refractivity contribution in [3.8, 4) is 0 Å². The number of rotatable bonds is 4. The van der Waals surface area contributed by atoms with Crippen LogP contribution in [0.15, 0.2) is 25.4 Å². The fourth-order valence-electron chi connectivity index (χ4n) is 0.203. The van der Waals surface area contributed by atoms with E-state index < -0.39 is 0 Å². The summed E-state index contributed by atoms with van der Waals surface area (Å²) in [7, 11) is 0. The van der Waals surface area contributed by atoms with Gasteiger partial charge in [-0.1, -0.05) is 12.7 Å². The lowest BCUT2D eigenvalue weighted by molar-refractivity contribution is 0.684. The highest BCUT2D eigenvalue weighted by Gasteiger charge is 1.65. The predicted molar refractivity (Wildman–Crippen MR) is 31.5 cm³/mol. The van der Waals surface area contributed by atoms with E-state index in [1.165, 1.54) is 0 Å². The van der Waals surface area contributed by atoms with Crippen molar-refractivity contribution in [1.29, 1.82) is 0 Å². The molecule has 0 aliphatic carbocycles. The number of hydrogen-bond donors (Lipinski definition) is 2.